The van der Waals surface area contributed by atoms with Crippen LogP contribution in [0, 0.1) is 0 Å². The van der Waals surface area contributed by atoms with Crippen molar-refractivity contribution >= 4 is 34.2 Å². The minimum Gasteiger partial charge on any atom is -0.467 e. The van der Waals surface area contributed by atoms with Crippen LogP contribution >= 0.6 is 28.3 Å². The standard InChI is InChI=1S/C15H15BrN2O2.ClH/c16-13-3-1-2-12-11(13)4-5-14(12)18-15(19)9-6-10(7-17)20-8-9;/h1-3,6,8,14H,4-5,7,17H2,(H,18,19);1H. The van der Waals surface area contributed by atoms with Crippen molar-refractivity contribution in [3.63, 3.8) is 0 Å². The van der Waals surface area contributed by atoms with E-state index in [4.69, 9.17) is 10.2 Å². The first-order chi connectivity index (χ1) is 9.69. The molecule has 0 spiro atoms. The highest BCUT2D eigenvalue weighted by Gasteiger charge is 2.26. The van der Waals surface area contributed by atoms with Gasteiger partial charge >= 0.3 is 0 Å². The predicted octanol–water partition coefficient (Wildman–Crippen LogP) is 3.34. The molecule has 1 aliphatic carbocycles. The second kappa shape index (κ2) is 6.64. The summed E-state index contributed by atoms with van der Waals surface area (Å²) < 4.78 is 6.31. The van der Waals surface area contributed by atoms with Crippen LogP contribution in [0.3, 0.4) is 0 Å². The second-order valence-corrected chi connectivity index (χ2v) is 5.73. The van der Waals surface area contributed by atoms with Crippen molar-refractivity contribution < 1.29 is 9.21 Å². The number of rotatable bonds is 3. The summed E-state index contributed by atoms with van der Waals surface area (Å²) in [6.07, 6.45) is 3.35. The van der Waals surface area contributed by atoms with E-state index in [9.17, 15) is 4.79 Å². The van der Waals surface area contributed by atoms with Gasteiger partial charge in [-0.15, -0.1) is 12.4 Å². The van der Waals surface area contributed by atoms with Gasteiger partial charge in [-0.3, -0.25) is 4.79 Å². The van der Waals surface area contributed by atoms with Gasteiger partial charge in [0.05, 0.1) is 18.2 Å². The van der Waals surface area contributed by atoms with Crippen molar-refractivity contribution in [2.45, 2.75) is 25.4 Å². The number of hydrogen-bond donors (Lipinski definition) is 2. The van der Waals surface area contributed by atoms with Gasteiger partial charge < -0.3 is 15.5 Å². The quantitative estimate of drug-likeness (QED) is 0.869. The average Bonchev–Trinajstić information content (AvgIpc) is 3.07. The molecule has 1 amide bonds. The fourth-order valence-corrected chi connectivity index (χ4v) is 3.19. The van der Waals surface area contributed by atoms with Crippen molar-refractivity contribution in [3.8, 4) is 0 Å². The monoisotopic (exact) mass is 370 g/mol. The largest absolute Gasteiger partial charge is 0.467 e. The van der Waals surface area contributed by atoms with Crippen LogP contribution in [0.1, 0.15) is 39.7 Å². The summed E-state index contributed by atoms with van der Waals surface area (Å²) in [6, 6.07) is 7.85. The lowest BCUT2D eigenvalue weighted by Crippen LogP contribution is -2.26. The number of benzene rings is 1. The average molecular weight is 372 g/mol. The van der Waals surface area contributed by atoms with Gasteiger partial charge in [0, 0.05) is 4.47 Å². The SMILES string of the molecule is Cl.NCc1cc(C(=O)NC2CCc3c(Br)cccc32)co1. The van der Waals surface area contributed by atoms with Crippen molar-refractivity contribution in [2.24, 2.45) is 5.73 Å². The van der Waals surface area contributed by atoms with Crippen molar-refractivity contribution in [2.75, 3.05) is 0 Å². The van der Waals surface area contributed by atoms with Gasteiger partial charge in [0.1, 0.15) is 12.0 Å². The van der Waals surface area contributed by atoms with Gasteiger partial charge in [-0.05, 0) is 36.1 Å². The number of amides is 1. The van der Waals surface area contributed by atoms with E-state index in [0.717, 1.165) is 17.3 Å². The van der Waals surface area contributed by atoms with Crippen molar-refractivity contribution in [3.05, 3.63) is 57.5 Å². The lowest BCUT2D eigenvalue weighted by atomic mass is 10.1. The third-order valence-electron chi connectivity index (χ3n) is 3.64. The molecule has 3 rings (SSSR count). The van der Waals surface area contributed by atoms with Gasteiger partial charge in [0.15, 0.2) is 0 Å². The number of nitrogens with two attached hydrogens (primary N) is 1. The van der Waals surface area contributed by atoms with Crippen LogP contribution in [0.2, 0.25) is 0 Å². The highest BCUT2D eigenvalue weighted by Crippen LogP contribution is 2.35. The molecule has 112 valence electrons. The molecule has 1 aromatic carbocycles. The third-order valence-corrected chi connectivity index (χ3v) is 4.38. The summed E-state index contributed by atoms with van der Waals surface area (Å²) in [6.45, 7) is 0.298. The number of carbonyl (C=O) groups excluding carboxylic acids is 1. The molecule has 0 aliphatic heterocycles. The van der Waals surface area contributed by atoms with E-state index in [1.165, 1.54) is 17.4 Å². The normalized spacial score (nSPS) is 16.2. The highest BCUT2D eigenvalue weighted by molar-refractivity contribution is 9.10. The molecule has 6 heteroatoms. The Bertz CT molecular complexity index is 657. The lowest BCUT2D eigenvalue weighted by molar-refractivity contribution is 0.0936. The van der Waals surface area contributed by atoms with Gasteiger partial charge in [-0.25, -0.2) is 0 Å². The molecule has 1 heterocycles. The molecular formula is C15H16BrClN2O2. The Morgan fingerprint density at radius 2 is 2.29 bits per heavy atom. The molecule has 0 bridgehead atoms. The summed E-state index contributed by atoms with van der Waals surface area (Å²) in [4.78, 5) is 12.2. The van der Waals surface area contributed by atoms with Crippen LogP contribution in [0.5, 0.6) is 0 Å². The zero-order valence-corrected chi connectivity index (χ0v) is 13.7. The van der Waals surface area contributed by atoms with E-state index < -0.39 is 0 Å². The molecule has 21 heavy (non-hydrogen) atoms. The fourth-order valence-electron chi connectivity index (χ4n) is 2.61. The zero-order chi connectivity index (χ0) is 14.1. The molecule has 1 aliphatic rings. The van der Waals surface area contributed by atoms with Gasteiger partial charge in [0.2, 0.25) is 0 Å². The zero-order valence-electron chi connectivity index (χ0n) is 11.3. The minimum atomic E-state index is -0.119. The van der Waals surface area contributed by atoms with E-state index in [-0.39, 0.29) is 24.4 Å². The maximum absolute atomic E-state index is 12.2. The Balaban J connectivity index is 0.00000161. The summed E-state index contributed by atoms with van der Waals surface area (Å²) in [5, 5.41) is 3.06. The smallest absolute Gasteiger partial charge is 0.255 e. The number of nitrogens with one attached hydrogen (secondary N) is 1. The Morgan fingerprint density at radius 1 is 1.48 bits per heavy atom. The molecule has 4 nitrogen and oxygen atoms in total. The fraction of sp³-hybridized carbons (Fsp3) is 0.267. The summed E-state index contributed by atoms with van der Waals surface area (Å²) in [7, 11) is 0. The molecule has 0 fully saturated rings. The molecule has 1 aromatic heterocycles. The van der Waals surface area contributed by atoms with E-state index in [0.29, 0.717) is 17.9 Å². The molecule has 3 N–H and O–H groups in total. The van der Waals surface area contributed by atoms with E-state index in [1.807, 2.05) is 12.1 Å². The first kappa shape index (κ1) is 16.1. The van der Waals surface area contributed by atoms with Crippen molar-refractivity contribution in [1.29, 1.82) is 0 Å². The Labute approximate surface area is 137 Å². The van der Waals surface area contributed by atoms with Gasteiger partial charge in [-0.2, -0.15) is 0 Å². The topological polar surface area (TPSA) is 68.3 Å². The Hall–Kier alpha value is -1.30. The second-order valence-electron chi connectivity index (χ2n) is 4.88. The summed E-state index contributed by atoms with van der Waals surface area (Å²) >= 11 is 3.56. The van der Waals surface area contributed by atoms with Crippen LogP contribution in [-0.4, -0.2) is 5.91 Å². The number of carbonyl (C=O) groups is 1. The summed E-state index contributed by atoms with van der Waals surface area (Å²) in [5.41, 5.74) is 8.47. The van der Waals surface area contributed by atoms with Crippen LogP contribution in [0.25, 0.3) is 0 Å². The van der Waals surface area contributed by atoms with Crippen LogP contribution in [-0.2, 0) is 13.0 Å². The number of fused-ring (bicyclic) bond motifs is 1. The number of hydrogen-bond acceptors (Lipinski definition) is 3. The van der Waals surface area contributed by atoms with Crippen LogP contribution in [0.4, 0.5) is 0 Å². The predicted molar refractivity (Wildman–Crippen MR) is 86.5 cm³/mol. The Kier molecular flexibility index (Phi) is 5.08. The lowest BCUT2D eigenvalue weighted by Gasteiger charge is -2.13. The highest BCUT2D eigenvalue weighted by atomic mass is 79.9. The molecule has 0 radical (unpaired) electrons. The molecule has 2 aromatic rings. The molecular weight excluding hydrogens is 356 g/mol. The summed E-state index contributed by atoms with van der Waals surface area (Å²) in [5.74, 6) is 0.496. The first-order valence-corrected chi connectivity index (χ1v) is 7.34. The number of furan rings is 1. The van der Waals surface area contributed by atoms with Gasteiger partial charge in [0.25, 0.3) is 5.91 Å². The molecule has 0 saturated heterocycles. The maximum atomic E-state index is 12.2. The number of halogens is 2. The van der Waals surface area contributed by atoms with E-state index in [2.05, 4.69) is 27.3 Å². The molecule has 1 unspecified atom stereocenters. The molecule has 0 saturated carbocycles. The Morgan fingerprint density at radius 3 is 3.00 bits per heavy atom. The molecule has 1 atom stereocenters. The minimum absolute atomic E-state index is 0. The van der Waals surface area contributed by atoms with E-state index in [1.54, 1.807) is 6.07 Å². The van der Waals surface area contributed by atoms with Gasteiger partial charge in [-0.1, -0.05) is 28.1 Å². The van der Waals surface area contributed by atoms with E-state index >= 15 is 0 Å². The van der Waals surface area contributed by atoms with Crippen LogP contribution in [0.15, 0.2) is 39.4 Å². The maximum Gasteiger partial charge on any atom is 0.255 e. The van der Waals surface area contributed by atoms with Crippen LogP contribution < -0.4 is 11.1 Å². The first-order valence-electron chi connectivity index (χ1n) is 6.54. The third kappa shape index (κ3) is 3.15. The van der Waals surface area contributed by atoms with Crippen molar-refractivity contribution in [1.82, 2.24) is 5.32 Å².